The fourth-order valence-electron chi connectivity index (χ4n) is 9.62. The number of hydrogen-bond donors (Lipinski definition) is 0. The first-order valence-corrected chi connectivity index (χ1v) is 21.1. The van der Waals surface area contributed by atoms with Gasteiger partial charge in [0.05, 0.1) is 11.4 Å². The van der Waals surface area contributed by atoms with Crippen LogP contribution < -0.4 is 4.90 Å². The van der Waals surface area contributed by atoms with Crippen LogP contribution in [0.2, 0.25) is 0 Å². The van der Waals surface area contributed by atoms with Gasteiger partial charge in [-0.15, -0.1) is 0 Å². The molecule has 0 atom stereocenters. The standard InChI is InChI=1S/C60H39N/c1-4-14-40(15-5-1)46-30-34-59-57(38-46)54-33-29-45(37-56(54)58-39-47(41-16-6-2-7-17-41)31-35-60(58)61(59)48-18-8-3-9-19-48)43-26-24-42(25-27-43)44-28-32-53-51-22-11-10-20-49(51)50-21-12-13-23-52(50)55(53)36-44/h1-39H. The van der Waals surface area contributed by atoms with E-state index in [0.29, 0.717) is 0 Å². The van der Waals surface area contributed by atoms with Crippen molar-refractivity contribution in [1.82, 2.24) is 0 Å². The number of hydrogen-bond acceptors (Lipinski definition) is 1. The van der Waals surface area contributed by atoms with E-state index in [2.05, 4.69) is 241 Å². The number of para-hydroxylation sites is 1. The summed E-state index contributed by atoms with van der Waals surface area (Å²) >= 11 is 0. The van der Waals surface area contributed by atoms with Gasteiger partial charge in [-0.25, -0.2) is 0 Å². The summed E-state index contributed by atoms with van der Waals surface area (Å²) in [6, 6.07) is 86.9. The molecule has 0 N–H and O–H groups in total. The van der Waals surface area contributed by atoms with Crippen molar-refractivity contribution in [2.75, 3.05) is 4.90 Å². The maximum atomic E-state index is 2.44. The first kappa shape index (κ1) is 35.0. The van der Waals surface area contributed by atoms with Crippen LogP contribution in [0.3, 0.4) is 0 Å². The lowest BCUT2D eigenvalue weighted by molar-refractivity contribution is 1.29. The Kier molecular flexibility index (Phi) is 8.25. The van der Waals surface area contributed by atoms with Crippen LogP contribution in [0.1, 0.15) is 0 Å². The highest BCUT2D eigenvalue weighted by Crippen LogP contribution is 2.53. The van der Waals surface area contributed by atoms with Gasteiger partial charge >= 0.3 is 0 Å². The fourth-order valence-corrected chi connectivity index (χ4v) is 9.62. The van der Waals surface area contributed by atoms with Crippen molar-refractivity contribution >= 4 is 49.4 Å². The van der Waals surface area contributed by atoms with Crippen LogP contribution in [0.15, 0.2) is 237 Å². The van der Waals surface area contributed by atoms with Crippen molar-refractivity contribution in [3.05, 3.63) is 237 Å². The third-order valence-electron chi connectivity index (χ3n) is 12.6. The number of anilines is 3. The number of benzene rings is 11. The predicted molar refractivity (Wildman–Crippen MR) is 260 cm³/mol. The van der Waals surface area contributed by atoms with Crippen LogP contribution in [0.4, 0.5) is 17.1 Å². The molecule has 11 aromatic carbocycles. The lowest BCUT2D eigenvalue weighted by Crippen LogP contribution is -2.11. The van der Waals surface area contributed by atoms with Gasteiger partial charge in [-0.2, -0.15) is 0 Å². The molecule has 0 fully saturated rings. The molecule has 61 heavy (non-hydrogen) atoms. The third kappa shape index (κ3) is 5.93. The molecule has 12 rings (SSSR count). The Labute approximate surface area is 356 Å². The summed E-state index contributed by atoms with van der Waals surface area (Å²) in [4.78, 5) is 2.44. The minimum atomic E-state index is 1.13. The molecule has 1 aliphatic rings. The van der Waals surface area contributed by atoms with Crippen molar-refractivity contribution in [3.63, 3.8) is 0 Å². The fraction of sp³-hybridized carbons (Fsp3) is 0. The van der Waals surface area contributed by atoms with E-state index in [1.165, 1.54) is 99.1 Å². The van der Waals surface area contributed by atoms with Gasteiger partial charge in [-0.05, 0) is 136 Å². The van der Waals surface area contributed by atoms with E-state index in [1.807, 2.05) is 0 Å². The summed E-state index contributed by atoms with van der Waals surface area (Å²) in [5, 5.41) is 7.76. The Morgan fingerprint density at radius 2 is 0.541 bits per heavy atom. The van der Waals surface area contributed by atoms with Crippen LogP contribution in [0.25, 0.3) is 99.1 Å². The second-order valence-corrected chi connectivity index (χ2v) is 16.1. The Balaban J connectivity index is 1.02. The summed E-state index contributed by atoms with van der Waals surface area (Å²) in [6.45, 7) is 0. The first-order valence-electron chi connectivity index (χ1n) is 21.1. The van der Waals surface area contributed by atoms with Crippen molar-refractivity contribution in [1.29, 1.82) is 0 Å². The number of fused-ring (bicyclic) bond motifs is 11. The van der Waals surface area contributed by atoms with Gasteiger partial charge in [0, 0.05) is 16.8 Å². The van der Waals surface area contributed by atoms with Gasteiger partial charge < -0.3 is 4.90 Å². The number of rotatable bonds is 5. The van der Waals surface area contributed by atoms with Crippen LogP contribution in [-0.4, -0.2) is 0 Å². The molecule has 0 aliphatic carbocycles. The summed E-state index contributed by atoms with van der Waals surface area (Å²) in [6.07, 6.45) is 0. The van der Waals surface area contributed by atoms with Gasteiger partial charge in [0.15, 0.2) is 0 Å². The Morgan fingerprint density at radius 1 is 0.197 bits per heavy atom. The van der Waals surface area contributed by atoms with E-state index in [0.717, 1.165) is 17.1 Å². The van der Waals surface area contributed by atoms with Gasteiger partial charge in [0.2, 0.25) is 0 Å². The topological polar surface area (TPSA) is 3.24 Å². The van der Waals surface area contributed by atoms with Crippen LogP contribution in [0, 0.1) is 0 Å². The molecule has 284 valence electrons. The Bertz CT molecular complexity index is 3410. The SMILES string of the molecule is c1ccc(-c2ccc3c(c2)-c2ccc(-c4ccc(-c5ccc6c7ccccc7c7ccccc7c6c5)cc4)cc2-c2cc(-c4ccccc4)ccc2N3c2ccccc2)cc1. The molecule has 11 aromatic rings. The molecule has 1 nitrogen and oxygen atoms in total. The van der Waals surface area contributed by atoms with Crippen LogP contribution >= 0.6 is 0 Å². The monoisotopic (exact) mass is 773 g/mol. The normalized spacial score (nSPS) is 11.9. The Hall–Kier alpha value is -8.00. The highest BCUT2D eigenvalue weighted by molar-refractivity contribution is 6.25. The summed E-state index contributed by atoms with van der Waals surface area (Å²) < 4.78 is 0. The minimum absolute atomic E-state index is 1.13. The van der Waals surface area contributed by atoms with Crippen molar-refractivity contribution in [2.24, 2.45) is 0 Å². The predicted octanol–water partition coefficient (Wildman–Crippen LogP) is 16.9. The largest absolute Gasteiger partial charge is 0.309 e. The van der Waals surface area contributed by atoms with Crippen molar-refractivity contribution in [2.45, 2.75) is 0 Å². The third-order valence-corrected chi connectivity index (χ3v) is 12.6. The first-order chi connectivity index (χ1) is 30.2. The van der Waals surface area contributed by atoms with E-state index < -0.39 is 0 Å². The second-order valence-electron chi connectivity index (χ2n) is 16.1. The van der Waals surface area contributed by atoms with E-state index >= 15 is 0 Å². The zero-order valence-electron chi connectivity index (χ0n) is 33.5. The molecule has 0 saturated carbocycles. The van der Waals surface area contributed by atoms with Gasteiger partial charge in [0.1, 0.15) is 0 Å². The highest BCUT2D eigenvalue weighted by atomic mass is 15.1. The molecule has 0 bridgehead atoms. The second kappa shape index (κ2) is 14.4. The maximum Gasteiger partial charge on any atom is 0.0540 e. The average molecular weight is 774 g/mol. The van der Waals surface area contributed by atoms with E-state index in [9.17, 15) is 0 Å². The zero-order valence-corrected chi connectivity index (χ0v) is 33.5. The average Bonchev–Trinajstić information content (AvgIpc) is 3.46. The molecule has 0 spiro atoms. The molecule has 1 aliphatic heterocycles. The van der Waals surface area contributed by atoms with Gasteiger partial charge in [-0.1, -0.05) is 188 Å². The molecule has 0 saturated heterocycles. The summed E-state index contributed by atoms with van der Waals surface area (Å²) in [5.41, 5.74) is 17.9. The van der Waals surface area contributed by atoms with E-state index in [-0.39, 0.29) is 0 Å². The molecule has 0 unspecified atom stereocenters. The van der Waals surface area contributed by atoms with Crippen LogP contribution in [0.5, 0.6) is 0 Å². The van der Waals surface area contributed by atoms with Gasteiger partial charge in [-0.3, -0.25) is 0 Å². The molecule has 1 heteroatoms. The summed E-state index contributed by atoms with van der Waals surface area (Å²) in [7, 11) is 0. The van der Waals surface area contributed by atoms with Crippen molar-refractivity contribution in [3.8, 4) is 66.8 Å². The van der Waals surface area contributed by atoms with Gasteiger partial charge in [0.25, 0.3) is 0 Å². The Morgan fingerprint density at radius 3 is 1.07 bits per heavy atom. The highest BCUT2D eigenvalue weighted by Gasteiger charge is 2.27. The summed E-state index contributed by atoms with van der Waals surface area (Å²) in [5.74, 6) is 0. The number of nitrogens with zero attached hydrogens (tertiary/aromatic N) is 1. The van der Waals surface area contributed by atoms with E-state index in [4.69, 9.17) is 0 Å². The van der Waals surface area contributed by atoms with E-state index in [1.54, 1.807) is 0 Å². The zero-order chi connectivity index (χ0) is 40.3. The molecule has 0 aromatic heterocycles. The lowest BCUT2D eigenvalue weighted by Gasteiger charge is -2.28. The quantitative estimate of drug-likeness (QED) is 0.157. The van der Waals surface area contributed by atoms with Crippen LogP contribution in [-0.2, 0) is 0 Å². The molecular weight excluding hydrogens is 735 g/mol. The smallest absolute Gasteiger partial charge is 0.0540 e. The molecule has 1 heterocycles. The van der Waals surface area contributed by atoms with Crippen molar-refractivity contribution < 1.29 is 0 Å². The minimum Gasteiger partial charge on any atom is -0.309 e. The maximum absolute atomic E-state index is 2.44. The molecule has 0 amide bonds. The molecule has 0 radical (unpaired) electrons. The lowest BCUT2D eigenvalue weighted by atomic mass is 9.88. The molecular formula is C60H39N.